The minimum atomic E-state index is -0.406. The minimum absolute atomic E-state index is 0.0344. The molecule has 1 fully saturated rings. The smallest absolute Gasteiger partial charge is 0.220 e. The molecule has 1 aromatic rings. The molecule has 3 rings (SSSR count). The molecule has 26 heavy (non-hydrogen) atoms. The molecule has 0 bridgehead atoms. The van der Waals surface area contributed by atoms with Gasteiger partial charge in [0.1, 0.15) is 11.8 Å². The number of carbonyl (C=O) groups is 1. The molecule has 1 N–H and O–H groups in total. The SMILES string of the molecule is C#CCCC1(CCC(=O)NC2CCCN(c3ccc(C#N)nc3)C2)N=N1. The number of hydrogen-bond acceptors (Lipinski definition) is 6. The van der Waals surface area contributed by atoms with E-state index in [2.05, 4.69) is 31.3 Å². The average Bonchev–Trinajstić information content (AvgIpc) is 3.45. The molecule has 2 aliphatic rings. The van der Waals surface area contributed by atoms with E-state index in [-0.39, 0.29) is 11.9 Å². The number of hydrogen-bond donors (Lipinski definition) is 1. The van der Waals surface area contributed by atoms with E-state index in [0.29, 0.717) is 25.0 Å². The van der Waals surface area contributed by atoms with Crippen molar-refractivity contribution in [2.45, 2.75) is 50.2 Å². The second-order valence-corrected chi connectivity index (χ2v) is 6.75. The van der Waals surface area contributed by atoms with Crippen molar-refractivity contribution < 1.29 is 4.79 Å². The number of carbonyl (C=O) groups excluding carboxylic acids is 1. The Kier molecular flexibility index (Phi) is 5.48. The fraction of sp³-hybridized carbons (Fsp3) is 0.526. The van der Waals surface area contributed by atoms with Crippen LogP contribution in [-0.2, 0) is 4.79 Å². The van der Waals surface area contributed by atoms with E-state index in [9.17, 15) is 4.79 Å². The summed E-state index contributed by atoms with van der Waals surface area (Å²) in [4.78, 5) is 18.6. The minimum Gasteiger partial charge on any atom is -0.368 e. The lowest BCUT2D eigenvalue weighted by atomic mass is 10.0. The largest absolute Gasteiger partial charge is 0.368 e. The van der Waals surface area contributed by atoms with E-state index in [1.54, 1.807) is 12.3 Å². The highest BCUT2D eigenvalue weighted by Gasteiger charge is 2.39. The number of terminal acetylenes is 1. The van der Waals surface area contributed by atoms with Gasteiger partial charge in [-0.05, 0) is 25.0 Å². The van der Waals surface area contributed by atoms with Crippen molar-refractivity contribution in [1.82, 2.24) is 10.3 Å². The lowest BCUT2D eigenvalue weighted by molar-refractivity contribution is -0.122. The summed E-state index contributed by atoms with van der Waals surface area (Å²) in [5, 5.41) is 20.1. The first-order chi connectivity index (χ1) is 12.6. The van der Waals surface area contributed by atoms with Crippen LogP contribution in [0.25, 0.3) is 0 Å². The Balaban J connectivity index is 1.46. The zero-order valence-corrected chi connectivity index (χ0v) is 14.7. The molecule has 0 aromatic carbocycles. The summed E-state index contributed by atoms with van der Waals surface area (Å²) >= 11 is 0. The normalized spacial score (nSPS) is 20.1. The van der Waals surface area contributed by atoms with Crippen molar-refractivity contribution in [3.05, 3.63) is 24.0 Å². The summed E-state index contributed by atoms with van der Waals surface area (Å²) in [5.41, 5.74) is 0.980. The number of piperidine rings is 1. The Morgan fingerprint density at radius 3 is 2.92 bits per heavy atom. The predicted octanol–water partition coefficient (Wildman–Crippen LogP) is 2.39. The van der Waals surface area contributed by atoms with E-state index < -0.39 is 5.66 Å². The van der Waals surface area contributed by atoms with Gasteiger partial charge in [-0.15, -0.1) is 12.3 Å². The maximum atomic E-state index is 12.3. The van der Waals surface area contributed by atoms with Gasteiger partial charge in [0.05, 0.1) is 11.9 Å². The third-order valence-electron chi connectivity index (χ3n) is 4.82. The lowest BCUT2D eigenvalue weighted by Crippen LogP contribution is -2.48. The fourth-order valence-electron chi connectivity index (χ4n) is 3.25. The molecule has 1 unspecified atom stereocenters. The molecule has 134 valence electrons. The Morgan fingerprint density at radius 1 is 1.42 bits per heavy atom. The highest BCUT2D eigenvalue weighted by molar-refractivity contribution is 5.76. The maximum Gasteiger partial charge on any atom is 0.220 e. The third-order valence-corrected chi connectivity index (χ3v) is 4.82. The van der Waals surface area contributed by atoms with Gasteiger partial charge in [0.2, 0.25) is 5.91 Å². The number of pyridine rings is 1. The number of nitrogens with zero attached hydrogens (tertiary/aromatic N) is 5. The zero-order valence-electron chi connectivity index (χ0n) is 14.7. The Morgan fingerprint density at radius 2 is 2.27 bits per heavy atom. The van der Waals surface area contributed by atoms with Crippen LogP contribution in [0.3, 0.4) is 0 Å². The highest BCUT2D eigenvalue weighted by atomic mass is 16.1. The van der Waals surface area contributed by atoms with Gasteiger partial charge < -0.3 is 10.2 Å². The average molecular weight is 350 g/mol. The van der Waals surface area contributed by atoms with Gasteiger partial charge in [-0.25, -0.2) is 4.98 Å². The van der Waals surface area contributed by atoms with Crippen LogP contribution in [-0.4, -0.2) is 35.7 Å². The Bertz CT molecular complexity index is 752. The first kappa shape index (κ1) is 17.9. The Hall–Kier alpha value is -2.93. The van der Waals surface area contributed by atoms with E-state index in [0.717, 1.165) is 38.0 Å². The van der Waals surface area contributed by atoms with Gasteiger partial charge in [-0.3, -0.25) is 4.79 Å². The van der Waals surface area contributed by atoms with E-state index in [1.165, 1.54) is 0 Å². The van der Waals surface area contributed by atoms with Crippen molar-refractivity contribution in [2.75, 3.05) is 18.0 Å². The topological polar surface area (TPSA) is 93.7 Å². The second-order valence-electron chi connectivity index (χ2n) is 6.75. The molecular formula is C19H22N6O. The first-order valence-corrected chi connectivity index (χ1v) is 8.92. The molecule has 2 aliphatic heterocycles. The molecule has 0 radical (unpaired) electrons. The maximum absolute atomic E-state index is 12.3. The van der Waals surface area contributed by atoms with Crippen LogP contribution in [0.15, 0.2) is 28.6 Å². The third kappa shape index (κ3) is 4.58. The van der Waals surface area contributed by atoms with E-state index >= 15 is 0 Å². The van der Waals surface area contributed by atoms with Gasteiger partial charge in [0.15, 0.2) is 5.66 Å². The highest BCUT2D eigenvalue weighted by Crippen LogP contribution is 2.37. The van der Waals surface area contributed by atoms with Crippen LogP contribution in [0.4, 0.5) is 5.69 Å². The van der Waals surface area contributed by atoms with Gasteiger partial charge in [0, 0.05) is 44.8 Å². The molecule has 3 heterocycles. The molecule has 1 aromatic heterocycles. The number of amides is 1. The number of nitriles is 1. The summed E-state index contributed by atoms with van der Waals surface area (Å²) in [5.74, 6) is 2.63. The number of nitrogens with one attached hydrogen (secondary N) is 1. The van der Waals surface area contributed by atoms with Crippen molar-refractivity contribution >= 4 is 11.6 Å². The summed E-state index contributed by atoms with van der Waals surface area (Å²) in [6.07, 6.45) is 11.3. The van der Waals surface area contributed by atoms with Crippen LogP contribution in [0.2, 0.25) is 0 Å². The molecule has 0 saturated carbocycles. The number of aromatic nitrogens is 1. The number of rotatable bonds is 7. The summed E-state index contributed by atoms with van der Waals surface area (Å²) < 4.78 is 0. The van der Waals surface area contributed by atoms with Crippen LogP contribution < -0.4 is 10.2 Å². The summed E-state index contributed by atoms with van der Waals surface area (Å²) in [6, 6.07) is 5.76. The zero-order chi connectivity index (χ0) is 18.4. The Labute approximate surface area is 153 Å². The lowest BCUT2D eigenvalue weighted by Gasteiger charge is -2.34. The summed E-state index contributed by atoms with van der Waals surface area (Å²) in [6.45, 7) is 1.67. The van der Waals surface area contributed by atoms with Crippen LogP contribution >= 0.6 is 0 Å². The molecule has 1 atom stereocenters. The van der Waals surface area contributed by atoms with Crippen LogP contribution in [0.1, 0.15) is 44.2 Å². The predicted molar refractivity (Wildman–Crippen MR) is 97.2 cm³/mol. The van der Waals surface area contributed by atoms with Gasteiger partial charge in [-0.1, -0.05) is 0 Å². The van der Waals surface area contributed by atoms with Gasteiger partial charge in [-0.2, -0.15) is 15.5 Å². The fourth-order valence-corrected chi connectivity index (χ4v) is 3.25. The van der Waals surface area contributed by atoms with Crippen LogP contribution in [0, 0.1) is 23.7 Å². The van der Waals surface area contributed by atoms with Crippen molar-refractivity contribution in [2.24, 2.45) is 10.2 Å². The monoisotopic (exact) mass is 350 g/mol. The first-order valence-electron chi connectivity index (χ1n) is 8.92. The second kappa shape index (κ2) is 7.97. The summed E-state index contributed by atoms with van der Waals surface area (Å²) in [7, 11) is 0. The van der Waals surface area contributed by atoms with Crippen molar-refractivity contribution in [3.63, 3.8) is 0 Å². The number of anilines is 1. The molecule has 7 heteroatoms. The van der Waals surface area contributed by atoms with E-state index in [4.69, 9.17) is 11.7 Å². The molecular weight excluding hydrogens is 328 g/mol. The molecule has 1 saturated heterocycles. The standard InChI is InChI=1S/C19H22N6O/c1-2-3-9-19(23-24-19)10-8-18(26)22-16-5-4-11-25(14-16)17-7-6-15(12-20)21-13-17/h1,6-7,13,16H,3-5,8-11,14H2,(H,22,26). The van der Waals surface area contributed by atoms with Gasteiger partial charge in [0.25, 0.3) is 0 Å². The van der Waals surface area contributed by atoms with Crippen LogP contribution in [0.5, 0.6) is 0 Å². The van der Waals surface area contributed by atoms with Gasteiger partial charge >= 0.3 is 0 Å². The quantitative estimate of drug-likeness (QED) is 0.764. The molecule has 0 spiro atoms. The van der Waals surface area contributed by atoms with Crippen molar-refractivity contribution in [1.29, 1.82) is 5.26 Å². The molecule has 7 nitrogen and oxygen atoms in total. The van der Waals surface area contributed by atoms with Crippen molar-refractivity contribution in [3.8, 4) is 18.4 Å². The molecule has 0 aliphatic carbocycles. The van der Waals surface area contributed by atoms with E-state index in [1.807, 2.05) is 12.1 Å². The molecule has 1 amide bonds.